The van der Waals surface area contributed by atoms with Crippen LogP contribution >= 0.6 is 12.2 Å². The molecule has 0 N–H and O–H groups in total. The lowest BCUT2D eigenvalue weighted by atomic mass is 10.0. The van der Waals surface area contributed by atoms with Crippen molar-refractivity contribution in [2.75, 3.05) is 24.5 Å². The predicted molar refractivity (Wildman–Crippen MR) is 122 cm³/mol. The fourth-order valence-corrected chi connectivity index (χ4v) is 4.00. The van der Waals surface area contributed by atoms with Crippen LogP contribution in [0.2, 0.25) is 0 Å². The van der Waals surface area contributed by atoms with Gasteiger partial charge in [0.2, 0.25) is 0 Å². The van der Waals surface area contributed by atoms with Gasteiger partial charge in [-0.25, -0.2) is 0 Å². The van der Waals surface area contributed by atoms with Crippen LogP contribution in [-0.2, 0) is 0 Å². The molecule has 0 bridgehead atoms. The van der Waals surface area contributed by atoms with E-state index in [4.69, 9.17) is 17.0 Å². The summed E-state index contributed by atoms with van der Waals surface area (Å²) in [5, 5.41) is 0.941. The van der Waals surface area contributed by atoms with E-state index < -0.39 is 0 Å². The van der Waals surface area contributed by atoms with E-state index in [0.717, 1.165) is 49.0 Å². The van der Waals surface area contributed by atoms with Gasteiger partial charge in [-0.3, -0.25) is 0 Å². The summed E-state index contributed by atoms with van der Waals surface area (Å²) in [5.74, 6) is 0.914. The zero-order chi connectivity index (χ0) is 19.8. The van der Waals surface area contributed by atoms with Crippen LogP contribution in [0.4, 0.5) is 5.69 Å². The Bertz CT molecular complexity index is 749. The Kier molecular flexibility index (Phi) is 7.72. The van der Waals surface area contributed by atoms with Crippen LogP contribution in [0.5, 0.6) is 5.75 Å². The molecule has 0 aliphatic carbocycles. The van der Waals surface area contributed by atoms with Crippen molar-refractivity contribution in [2.24, 2.45) is 0 Å². The van der Waals surface area contributed by atoms with Gasteiger partial charge in [-0.15, -0.1) is 0 Å². The molecule has 0 radical (unpaired) electrons. The molecular formula is C24H32N2OS. The fourth-order valence-electron chi connectivity index (χ4n) is 3.62. The van der Waals surface area contributed by atoms with E-state index in [1.807, 2.05) is 0 Å². The molecule has 1 aliphatic heterocycles. The quantitative estimate of drug-likeness (QED) is 0.444. The van der Waals surface area contributed by atoms with Crippen molar-refractivity contribution in [3.8, 4) is 5.75 Å². The van der Waals surface area contributed by atoms with Crippen molar-refractivity contribution >= 4 is 23.0 Å². The van der Waals surface area contributed by atoms with Crippen LogP contribution in [0.1, 0.15) is 57.6 Å². The van der Waals surface area contributed by atoms with Crippen LogP contribution < -0.4 is 9.64 Å². The molecular weight excluding hydrogens is 364 g/mol. The highest BCUT2D eigenvalue weighted by Gasteiger charge is 2.25. The van der Waals surface area contributed by atoms with Crippen LogP contribution in [0.15, 0.2) is 54.6 Å². The summed E-state index contributed by atoms with van der Waals surface area (Å²) in [4.78, 5) is 4.56. The lowest BCUT2D eigenvalue weighted by Gasteiger charge is -2.23. The molecule has 1 atom stereocenters. The molecule has 3 nitrogen and oxygen atoms in total. The van der Waals surface area contributed by atoms with E-state index in [2.05, 4.69) is 78.2 Å². The third kappa shape index (κ3) is 5.26. The topological polar surface area (TPSA) is 15.7 Å². The van der Waals surface area contributed by atoms with E-state index in [0.29, 0.717) is 0 Å². The number of hydrogen-bond donors (Lipinski definition) is 0. The van der Waals surface area contributed by atoms with E-state index in [1.54, 1.807) is 0 Å². The molecule has 4 heteroatoms. The highest BCUT2D eigenvalue weighted by molar-refractivity contribution is 7.80. The molecule has 2 aromatic rings. The second-order valence-electron chi connectivity index (χ2n) is 7.43. The molecule has 1 aliphatic rings. The molecule has 0 amide bonds. The summed E-state index contributed by atoms with van der Waals surface area (Å²) in [6.07, 6.45) is 5.82. The Morgan fingerprint density at radius 1 is 0.964 bits per heavy atom. The predicted octanol–water partition coefficient (Wildman–Crippen LogP) is 6.20. The first kappa shape index (κ1) is 20.7. The van der Waals surface area contributed by atoms with E-state index in [9.17, 15) is 0 Å². The minimum Gasteiger partial charge on any atom is -0.486 e. The van der Waals surface area contributed by atoms with Gasteiger partial charge in [-0.1, -0.05) is 63.1 Å². The van der Waals surface area contributed by atoms with Gasteiger partial charge in [0.05, 0.1) is 0 Å². The first-order chi connectivity index (χ1) is 13.7. The monoisotopic (exact) mass is 396 g/mol. The van der Waals surface area contributed by atoms with Gasteiger partial charge >= 0.3 is 0 Å². The number of thiocarbonyl (C=S) groups is 1. The number of rotatable bonds is 10. The van der Waals surface area contributed by atoms with Gasteiger partial charge < -0.3 is 14.5 Å². The Morgan fingerprint density at radius 2 is 1.75 bits per heavy atom. The van der Waals surface area contributed by atoms with Gasteiger partial charge in [0.15, 0.2) is 5.11 Å². The van der Waals surface area contributed by atoms with Crippen molar-refractivity contribution in [3.05, 3.63) is 60.2 Å². The molecule has 0 spiro atoms. The van der Waals surface area contributed by atoms with Gasteiger partial charge in [0.25, 0.3) is 0 Å². The first-order valence-corrected chi connectivity index (χ1v) is 11.0. The Hall–Kier alpha value is -2.07. The van der Waals surface area contributed by atoms with Gasteiger partial charge in [0.1, 0.15) is 11.9 Å². The Balaban J connectivity index is 1.72. The van der Waals surface area contributed by atoms with Crippen molar-refractivity contribution in [2.45, 2.75) is 52.1 Å². The number of nitrogens with zero attached hydrogens (tertiary/aromatic N) is 2. The third-order valence-electron chi connectivity index (χ3n) is 5.28. The minimum atomic E-state index is 0.0861. The van der Waals surface area contributed by atoms with Crippen LogP contribution in [0.25, 0.3) is 0 Å². The molecule has 1 unspecified atom stereocenters. The van der Waals surface area contributed by atoms with Gasteiger partial charge in [-0.2, -0.15) is 0 Å². The van der Waals surface area contributed by atoms with E-state index >= 15 is 0 Å². The fraction of sp³-hybridized carbons (Fsp3) is 0.458. The average molecular weight is 397 g/mol. The first-order valence-electron chi connectivity index (χ1n) is 10.6. The number of hydrogen-bond acceptors (Lipinski definition) is 2. The molecule has 1 fully saturated rings. The molecule has 28 heavy (non-hydrogen) atoms. The molecule has 150 valence electrons. The Morgan fingerprint density at radius 3 is 2.50 bits per heavy atom. The summed E-state index contributed by atoms with van der Waals surface area (Å²) in [5.41, 5.74) is 2.37. The Labute approximate surface area is 175 Å². The van der Waals surface area contributed by atoms with E-state index in [1.165, 1.54) is 24.8 Å². The van der Waals surface area contributed by atoms with Crippen molar-refractivity contribution in [1.29, 1.82) is 0 Å². The molecule has 1 saturated heterocycles. The second kappa shape index (κ2) is 10.5. The maximum absolute atomic E-state index is 6.45. The summed E-state index contributed by atoms with van der Waals surface area (Å²) in [7, 11) is 0. The van der Waals surface area contributed by atoms with Crippen LogP contribution in [-0.4, -0.2) is 29.6 Å². The molecule has 0 aromatic heterocycles. The minimum absolute atomic E-state index is 0.0861. The van der Waals surface area contributed by atoms with Crippen molar-refractivity contribution in [1.82, 2.24) is 4.90 Å². The summed E-state index contributed by atoms with van der Waals surface area (Å²) >= 11 is 5.73. The number of anilines is 1. The number of unbranched alkanes of at least 4 members (excludes halogenated alkanes) is 2. The lowest BCUT2D eigenvalue weighted by Crippen LogP contribution is -2.32. The average Bonchev–Trinajstić information content (AvgIpc) is 3.10. The molecule has 1 heterocycles. The van der Waals surface area contributed by atoms with Gasteiger partial charge in [0, 0.05) is 31.4 Å². The van der Waals surface area contributed by atoms with Crippen LogP contribution in [0, 0.1) is 0 Å². The maximum atomic E-state index is 6.45. The summed E-state index contributed by atoms with van der Waals surface area (Å²) in [6.45, 7) is 7.45. The third-order valence-corrected chi connectivity index (χ3v) is 5.75. The number of benzene rings is 2. The maximum Gasteiger partial charge on any atom is 0.176 e. The standard InChI is InChI=1S/C24H32N2OS/c1-3-5-15-23(20-11-8-7-9-12-20)27-22-14-10-13-21(19-22)26-18-17-25(24(26)28)16-6-4-2/h7-14,19,23H,3-6,15-18H2,1-2H3. The summed E-state index contributed by atoms with van der Waals surface area (Å²) < 4.78 is 6.45. The highest BCUT2D eigenvalue weighted by atomic mass is 32.1. The SMILES string of the molecule is CCCCC(Oc1cccc(N2CCN(CCCC)C2=S)c1)c1ccccc1. The molecule has 0 saturated carbocycles. The number of ether oxygens (including phenoxy) is 1. The molecule has 3 rings (SSSR count). The molecule has 2 aromatic carbocycles. The van der Waals surface area contributed by atoms with Crippen molar-refractivity contribution < 1.29 is 4.74 Å². The largest absolute Gasteiger partial charge is 0.486 e. The highest BCUT2D eigenvalue weighted by Crippen LogP contribution is 2.30. The van der Waals surface area contributed by atoms with E-state index in [-0.39, 0.29) is 6.10 Å². The van der Waals surface area contributed by atoms with Gasteiger partial charge in [-0.05, 0) is 49.2 Å². The summed E-state index contributed by atoms with van der Waals surface area (Å²) in [6, 6.07) is 18.9. The smallest absolute Gasteiger partial charge is 0.176 e. The zero-order valence-corrected chi connectivity index (χ0v) is 18.0. The zero-order valence-electron chi connectivity index (χ0n) is 17.1. The lowest BCUT2D eigenvalue weighted by molar-refractivity contribution is 0.191. The second-order valence-corrected chi connectivity index (χ2v) is 7.80. The van der Waals surface area contributed by atoms with Crippen LogP contribution in [0.3, 0.4) is 0 Å². The normalized spacial score (nSPS) is 15.1. The van der Waals surface area contributed by atoms with Crippen molar-refractivity contribution in [3.63, 3.8) is 0 Å².